The van der Waals surface area contributed by atoms with Crippen molar-refractivity contribution in [1.82, 2.24) is 14.5 Å². The molecule has 1 atom stereocenters. The summed E-state index contributed by atoms with van der Waals surface area (Å²) >= 11 is 12.0. The number of hydrogen-bond donors (Lipinski definition) is 0. The summed E-state index contributed by atoms with van der Waals surface area (Å²) in [6.07, 6.45) is 1.61. The second kappa shape index (κ2) is 11.8. The Balaban J connectivity index is 1.76. The third kappa shape index (κ3) is 5.95. The molecule has 0 radical (unpaired) electrons. The Morgan fingerprint density at radius 3 is 2.54 bits per heavy atom. The van der Waals surface area contributed by atoms with Crippen molar-refractivity contribution in [3.8, 4) is 11.4 Å². The van der Waals surface area contributed by atoms with Crippen molar-refractivity contribution < 1.29 is 13.9 Å². The van der Waals surface area contributed by atoms with Crippen LogP contribution in [0.3, 0.4) is 0 Å². The minimum atomic E-state index is -0.603. The molecule has 4 rings (SSSR count). The van der Waals surface area contributed by atoms with Crippen molar-refractivity contribution in [1.29, 1.82) is 0 Å². The van der Waals surface area contributed by atoms with E-state index in [2.05, 4.69) is 0 Å². The van der Waals surface area contributed by atoms with Gasteiger partial charge in [-0.1, -0.05) is 48.7 Å². The van der Waals surface area contributed by atoms with E-state index < -0.39 is 11.9 Å². The molecule has 0 saturated heterocycles. The van der Waals surface area contributed by atoms with Crippen LogP contribution in [0.4, 0.5) is 4.39 Å². The third-order valence-electron chi connectivity index (χ3n) is 6.05. The van der Waals surface area contributed by atoms with Crippen LogP contribution < -0.4 is 10.3 Å². The van der Waals surface area contributed by atoms with E-state index in [1.54, 1.807) is 53.4 Å². The van der Waals surface area contributed by atoms with Crippen LogP contribution in [0.15, 0.2) is 71.5 Å². The van der Waals surface area contributed by atoms with Gasteiger partial charge in [-0.2, -0.15) is 0 Å². The van der Waals surface area contributed by atoms with Crippen LogP contribution in [-0.4, -0.2) is 33.5 Å². The number of amides is 1. The number of nitrogens with zero attached hydrogens (tertiary/aromatic N) is 3. The molecule has 1 amide bonds. The highest BCUT2D eigenvalue weighted by Gasteiger charge is 2.27. The maximum Gasteiger partial charge on any atom is 0.266 e. The number of para-hydroxylation sites is 1. The van der Waals surface area contributed by atoms with Crippen molar-refractivity contribution in [3.63, 3.8) is 0 Å². The van der Waals surface area contributed by atoms with E-state index in [1.165, 1.54) is 22.8 Å². The molecule has 6 nitrogen and oxygen atoms in total. The number of carbonyl (C=O) groups is 1. The van der Waals surface area contributed by atoms with Crippen LogP contribution in [0.2, 0.25) is 10.0 Å². The van der Waals surface area contributed by atoms with Gasteiger partial charge in [0.05, 0.1) is 27.7 Å². The fourth-order valence-electron chi connectivity index (χ4n) is 4.06. The second-order valence-corrected chi connectivity index (χ2v) is 9.43. The molecule has 37 heavy (non-hydrogen) atoms. The molecule has 0 bridgehead atoms. The summed E-state index contributed by atoms with van der Waals surface area (Å²) in [7, 11) is 0. The van der Waals surface area contributed by atoms with Crippen molar-refractivity contribution in [2.75, 3.05) is 13.2 Å². The highest BCUT2D eigenvalue weighted by atomic mass is 35.5. The number of rotatable bonds is 9. The fraction of sp³-hybridized carbons (Fsp3) is 0.250. The monoisotopic (exact) mass is 541 g/mol. The largest absolute Gasteiger partial charge is 0.484 e. The predicted molar refractivity (Wildman–Crippen MR) is 144 cm³/mol. The number of benzene rings is 3. The van der Waals surface area contributed by atoms with Gasteiger partial charge in [-0.15, -0.1) is 0 Å². The van der Waals surface area contributed by atoms with Crippen LogP contribution >= 0.6 is 23.2 Å². The van der Waals surface area contributed by atoms with Crippen LogP contribution in [0.1, 0.15) is 38.6 Å². The van der Waals surface area contributed by atoms with Crippen molar-refractivity contribution in [3.05, 3.63) is 98.8 Å². The maximum absolute atomic E-state index is 13.9. The van der Waals surface area contributed by atoms with Crippen LogP contribution in [0.25, 0.3) is 16.6 Å². The van der Waals surface area contributed by atoms with Crippen LogP contribution in [0, 0.1) is 5.82 Å². The number of fused-ring (bicyclic) bond motifs is 1. The van der Waals surface area contributed by atoms with Gasteiger partial charge in [-0.3, -0.25) is 14.2 Å². The minimum Gasteiger partial charge on any atom is -0.484 e. The molecule has 0 spiro atoms. The molecule has 0 aliphatic rings. The van der Waals surface area contributed by atoms with Gasteiger partial charge < -0.3 is 9.64 Å². The lowest BCUT2D eigenvalue weighted by atomic mass is 10.1. The lowest BCUT2D eigenvalue weighted by molar-refractivity contribution is -0.135. The number of unbranched alkanes of at least 4 members (excludes halogenated alkanes) is 1. The molecule has 0 saturated carbocycles. The van der Waals surface area contributed by atoms with Crippen molar-refractivity contribution >= 4 is 40.0 Å². The van der Waals surface area contributed by atoms with E-state index in [0.717, 1.165) is 12.8 Å². The molecule has 192 valence electrons. The zero-order valence-corrected chi connectivity index (χ0v) is 22.0. The average Bonchev–Trinajstić information content (AvgIpc) is 2.90. The Labute approximate surface area is 224 Å². The van der Waals surface area contributed by atoms with Crippen molar-refractivity contribution in [2.24, 2.45) is 0 Å². The summed E-state index contributed by atoms with van der Waals surface area (Å²) in [6, 6.07) is 17.2. The van der Waals surface area contributed by atoms with E-state index in [1.807, 2.05) is 13.8 Å². The van der Waals surface area contributed by atoms with Gasteiger partial charge in [0.15, 0.2) is 6.61 Å². The third-order valence-corrected chi connectivity index (χ3v) is 6.59. The molecular weight excluding hydrogens is 516 g/mol. The summed E-state index contributed by atoms with van der Waals surface area (Å²) in [4.78, 5) is 33.5. The molecule has 1 unspecified atom stereocenters. The Morgan fingerprint density at radius 1 is 1.11 bits per heavy atom. The molecule has 0 N–H and O–H groups in total. The smallest absolute Gasteiger partial charge is 0.266 e. The van der Waals surface area contributed by atoms with E-state index in [4.69, 9.17) is 32.9 Å². The van der Waals surface area contributed by atoms with Gasteiger partial charge >= 0.3 is 0 Å². The lowest BCUT2D eigenvalue weighted by Crippen LogP contribution is -2.40. The Hall–Kier alpha value is -3.42. The first-order chi connectivity index (χ1) is 17.8. The summed E-state index contributed by atoms with van der Waals surface area (Å²) < 4.78 is 21.0. The van der Waals surface area contributed by atoms with Gasteiger partial charge in [0.1, 0.15) is 17.4 Å². The van der Waals surface area contributed by atoms with Gasteiger partial charge in [-0.25, -0.2) is 9.37 Å². The molecule has 0 aliphatic heterocycles. The normalized spacial score (nSPS) is 11.9. The predicted octanol–water partition coefficient (Wildman–Crippen LogP) is 6.60. The SMILES string of the molecule is CCCCN(C(=O)COc1ccc(Cl)cc1)C(C)c1nc2ccccc2c(=O)n1-c1ccc(F)c(Cl)c1. The highest BCUT2D eigenvalue weighted by Crippen LogP contribution is 2.26. The fourth-order valence-corrected chi connectivity index (χ4v) is 4.37. The molecular formula is C28H26Cl2FN3O3. The molecule has 0 aliphatic carbocycles. The molecule has 3 aromatic carbocycles. The zero-order valence-electron chi connectivity index (χ0n) is 20.5. The van der Waals surface area contributed by atoms with Gasteiger partial charge in [0.25, 0.3) is 11.5 Å². The molecule has 0 fully saturated rings. The van der Waals surface area contributed by atoms with Crippen molar-refractivity contribution in [2.45, 2.75) is 32.7 Å². The maximum atomic E-state index is 13.9. The zero-order chi connectivity index (χ0) is 26.5. The van der Waals surface area contributed by atoms with Gasteiger partial charge in [0.2, 0.25) is 0 Å². The first-order valence-electron chi connectivity index (χ1n) is 11.9. The number of hydrogen-bond acceptors (Lipinski definition) is 4. The molecule has 9 heteroatoms. The Kier molecular flexibility index (Phi) is 8.46. The van der Waals surface area contributed by atoms with Crippen LogP contribution in [-0.2, 0) is 4.79 Å². The molecule has 1 heterocycles. The van der Waals surface area contributed by atoms with Gasteiger partial charge in [-0.05, 0) is 67.9 Å². The van der Waals surface area contributed by atoms with E-state index >= 15 is 0 Å². The number of carbonyl (C=O) groups excluding carboxylic acids is 1. The standard InChI is InChI=1S/C28H26Cl2FN3O3/c1-3-4-15-33(26(35)17-37-21-12-9-19(29)10-13-21)18(2)27-32-25-8-6-5-7-22(25)28(36)34(27)20-11-14-24(31)23(30)16-20/h5-14,16,18H,3-4,15,17H2,1-2H3. The quantitative estimate of drug-likeness (QED) is 0.239. The van der Waals surface area contributed by atoms with Crippen LogP contribution in [0.5, 0.6) is 5.75 Å². The summed E-state index contributed by atoms with van der Waals surface area (Å²) in [5, 5.41) is 0.848. The number of ether oxygens (including phenoxy) is 1. The van der Waals surface area contributed by atoms with E-state index in [0.29, 0.717) is 39.7 Å². The van der Waals surface area contributed by atoms with Gasteiger partial charge in [0, 0.05) is 11.6 Å². The van der Waals surface area contributed by atoms with E-state index in [9.17, 15) is 14.0 Å². The molecule has 1 aromatic heterocycles. The Morgan fingerprint density at radius 2 is 1.84 bits per heavy atom. The summed E-state index contributed by atoms with van der Waals surface area (Å²) in [5.74, 6) is -0.00670. The second-order valence-electron chi connectivity index (χ2n) is 8.59. The lowest BCUT2D eigenvalue weighted by Gasteiger charge is -2.30. The average molecular weight is 542 g/mol. The van der Waals surface area contributed by atoms with E-state index in [-0.39, 0.29) is 23.1 Å². The Bertz CT molecular complexity index is 1470. The number of aromatic nitrogens is 2. The first-order valence-corrected chi connectivity index (χ1v) is 12.7. The molecule has 4 aromatic rings. The summed E-state index contributed by atoms with van der Waals surface area (Å²) in [6.45, 7) is 4.08. The topological polar surface area (TPSA) is 64.4 Å². The highest BCUT2D eigenvalue weighted by molar-refractivity contribution is 6.31. The minimum absolute atomic E-state index is 0.119. The summed E-state index contributed by atoms with van der Waals surface area (Å²) in [5.41, 5.74) is 0.520. The first kappa shape index (κ1) is 26.6. The number of halogens is 3.